The topological polar surface area (TPSA) is 72.0 Å². The van der Waals surface area contributed by atoms with Crippen LogP contribution >= 0.6 is 11.3 Å². The number of nitrogens with zero attached hydrogens (tertiary/aromatic N) is 3. The van der Waals surface area contributed by atoms with E-state index in [4.69, 9.17) is 14.5 Å². The molecule has 0 unspecified atom stereocenters. The number of halogens is 1. The maximum Gasteiger partial charge on any atom is 0.243 e. The molecular formula is C22H24FN3O4S2. The smallest absolute Gasteiger partial charge is 0.243 e. The predicted octanol–water partition coefficient (Wildman–Crippen LogP) is 3.79. The zero-order valence-electron chi connectivity index (χ0n) is 18.0. The lowest BCUT2D eigenvalue weighted by Gasteiger charge is -2.34. The van der Waals surface area contributed by atoms with Crippen LogP contribution in [0.25, 0.3) is 11.3 Å². The van der Waals surface area contributed by atoms with Crippen LogP contribution < -0.4 is 14.4 Å². The number of piperazine rings is 1. The average Bonchev–Trinajstić information content (AvgIpc) is 3.30. The van der Waals surface area contributed by atoms with Crippen LogP contribution in [0.4, 0.5) is 9.52 Å². The van der Waals surface area contributed by atoms with Crippen LogP contribution in [0.3, 0.4) is 0 Å². The molecular weight excluding hydrogens is 453 g/mol. The van der Waals surface area contributed by atoms with Crippen molar-refractivity contribution in [3.8, 4) is 22.8 Å². The van der Waals surface area contributed by atoms with Gasteiger partial charge in [-0.1, -0.05) is 6.07 Å². The van der Waals surface area contributed by atoms with E-state index in [1.54, 1.807) is 21.1 Å². The van der Waals surface area contributed by atoms with Gasteiger partial charge in [0.25, 0.3) is 0 Å². The molecule has 0 aliphatic carbocycles. The first-order chi connectivity index (χ1) is 15.3. The van der Waals surface area contributed by atoms with Gasteiger partial charge in [0.05, 0.1) is 24.8 Å². The number of hydrogen-bond acceptors (Lipinski definition) is 7. The fourth-order valence-electron chi connectivity index (χ4n) is 3.66. The fourth-order valence-corrected chi connectivity index (χ4v) is 6.20. The summed E-state index contributed by atoms with van der Waals surface area (Å²) in [6.45, 7) is 3.27. The van der Waals surface area contributed by atoms with Gasteiger partial charge in [-0.25, -0.2) is 17.8 Å². The van der Waals surface area contributed by atoms with Crippen LogP contribution in [0.5, 0.6) is 11.5 Å². The average molecular weight is 478 g/mol. The molecule has 3 aromatic rings. The van der Waals surface area contributed by atoms with Gasteiger partial charge in [0.15, 0.2) is 5.13 Å². The normalized spacial score (nSPS) is 15.1. The van der Waals surface area contributed by atoms with E-state index < -0.39 is 15.8 Å². The van der Waals surface area contributed by atoms with Crippen molar-refractivity contribution in [2.45, 2.75) is 11.8 Å². The highest BCUT2D eigenvalue weighted by Crippen LogP contribution is 2.36. The molecule has 4 rings (SSSR count). The first-order valence-electron chi connectivity index (χ1n) is 10.0. The molecule has 1 aliphatic heterocycles. The number of sulfonamides is 1. The number of benzene rings is 2. The molecule has 0 atom stereocenters. The molecule has 2 aromatic carbocycles. The molecule has 10 heteroatoms. The van der Waals surface area contributed by atoms with Crippen molar-refractivity contribution in [2.75, 3.05) is 45.3 Å². The summed E-state index contributed by atoms with van der Waals surface area (Å²) in [6, 6.07) is 9.39. The Kier molecular flexibility index (Phi) is 6.36. The molecule has 1 fully saturated rings. The third-order valence-electron chi connectivity index (χ3n) is 5.45. The Hall–Kier alpha value is -2.69. The van der Waals surface area contributed by atoms with Gasteiger partial charge in [-0.15, -0.1) is 11.3 Å². The summed E-state index contributed by atoms with van der Waals surface area (Å²) >= 11 is 1.49. The van der Waals surface area contributed by atoms with E-state index in [0.717, 1.165) is 22.5 Å². The van der Waals surface area contributed by atoms with Crippen LogP contribution in [0.1, 0.15) is 5.56 Å². The van der Waals surface area contributed by atoms with Gasteiger partial charge in [-0.2, -0.15) is 4.31 Å². The Morgan fingerprint density at radius 2 is 1.78 bits per heavy atom. The van der Waals surface area contributed by atoms with E-state index >= 15 is 0 Å². The molecule has 0 saturated carbocycles. The largest absolute Gasteiger partial charge is 0.497 e. The Balaban J connectivity index is 1.50. The number of hydrogen-bond donors (Lipinski definition) is 0. The second kappa shape index (κ2) is 9.05. The van der Waals surface area contributed by atoms with Gasteiger partial charge in [-0.3, -0.25) is 0 Å². The number of methoxy groups -OCH3 is 2. The van der Waals surface area contributed by atoms with Gasteiger partial charge in [-0.05, 0) is 42.8 Å². The molecule has 0 N–H and O–H groups in total. The Morgan fingerprint density at radius 1 is 1.03 bits per heavy atom. The molecule has 0 amide bonds. The first-order valence-corrected chi connectivity index (χ1v) is 12.3. The van der Waals surface area contributed by atoms with Crippen LogP contribution in [0, 0.1) is 12.7 Å². The van der Waals surface area contributed by atoms with Crippen molar-refractivity contribution in [1.82, 2.24) is 9.29 Å². The number of rotatable bonds is 6. The lowest BCUT2D eigenvalue weighted by molar-refractivity contribution is 0.384. The minimum Gasteiger partial charge on any atom is -0.497 e. The van der Waals surface area contributed by atoms with Crippen molar-refractivity contribution in [3.63, 3.8) is 0 Å². The highest BCUT2D eigenvalue weighted by atomic mass is 32.2. The minimum atomic E-state index is -3.76. The highest BCUT2D eigenvalue weighted by Gasteiger charge is 2.31. The minimum absolute atomic E-state index is 0.0209. The summed E-state index contributed by atoms with van der Waals surface area (Å²) in [6.07, 6.45) is 0. The molecule has 170 valence electrons. The molecule has 1 aliphatic rings. The van der Waals surface area contributed by atoms with Crippen molar-refractivity contribution in [3.05, 3.63) is 53.2 Å². The lowest BCUT2D eigenvalue weighted by Crippen LogP contribution is -2.48. The van der Waals surface area contributed by atoms with Crippen molar-refractivity contribution >= 4 is 26.5 Å². The zero-order chi connectivity index (χ0) is 22.9. The van der Waals surface area contributed by atoms with Gasteiger partial charge < -0.3 is 14.4 Å². The number of aromatic nitrogens is 1. The number of ether oxygens (including phenoxy) is 2. The summed E-state index contributed by atoms with van der Waals surface area (Å²) in [4.78, 5) is 6.83. The van der Waals surface area contributed by atoms with Crippen LogP contribution in [-0.4, -0.2) is 58.1 Å². The first kappa shape index (κ1) is 22.5. The van der Waals surface area contributed by atoms with E-state index in [1.165, 1.54) is 27.8 Å². The fraction of sp³-hybridized carbons (Fsp3) is 0.318. The van der Waals surface area contributed by atoms with Crippen molar-refractivity contribution < 1.29 is 22.3 Å². The maximum atomic E-state index is 13.7. The van der Waals surface area contributed by atoms with E-state index in [9.17, 15) is 12.8 Å². The maximum absolute atomic E-state index is 13.7. The third kappa shape index (κ3) is 4.30. The number of anilines is 1. The summed E-state index contributed by atoms with van der Waals surface area (Å²) < 4.78 is 51.9. The Morgan fingerprint density at radius 3 is 2.47 bits per heavy atom. The SMILES string of the molecule is COc1ccc(OC)c(-c2csc(N3CCN(S(=O)(=O)c4cc(F)ccc4C)CC3)n2)c1. The van der Waals surface area contributed by atoms with Gasteiger partial charge in [0, 0.05) is 37.1 Å². The van der Waals surface area contributed by atoms with Crippen LogP contribution in [0.15, 0.2) is 46.7 Å². The van der Waals surface area contributed by atoms with Crippen LogP contribution in [0.2, 0.25) is 0 Å². The third-order valence-corrected chi connectivity index (χ3v) is 8.39. The lowest BCUT2D eigenvalue weighted by atomic mass is 10.1. The zero-order valence-corrected chi connectivity index (χ0v) is 19.7. The van der Waals surface area contributed by atoms with E-state index in [2.05, 4.69) is 4.90 Å². The molecule has 1 saturated heterocycles. The summed E-state index contributed by atoms with van der Waals surface area (Å²) in [5.74, 6) is 0.849. The molecule has 1 aromatic heterocycles. The second-order valence-electron chi connectivity index (χ2n) is 7.38. The van der Waals surface area contributed by atoms with Crippen molar-refractivity contribution in [1.29, 1.82) is 0 Å². The van der Waals surface area contributed by atoms with E-state index in [0.29, 0.717) is 43.2 Å². The standard InChI is InChI=1S/C22H24FN3O4S2/c1-15-4-5-16(23)12-21(15)32(27,28)26-10-8-25(9-11-26)22-24-19(14-31-22)18-13-17(29-2)6-7-20(18)30-3/h4-7,12-14H,8-11H2,1-3H3. The Labute approximate surface area is 191 Å². The molecule has 7 nitrogen and oxygen atoms in total. The number of thiazole rings is 1. The predicted molar refractivity (Wildman–Crippen MR) is 123 cm³/mol. The Bertz CT molecular complexity index is 1220. The second-order valence-corrected chi connectivity index (χ2v) is 10.1. The molecule has 2 heterocycles. The molecule has 0 radical (unpaired) electrons. The van der Waals surface area contributed by atoms with E-state index in [1.807, 2.05) is 23.6 Å². The van der Waals surface area contributed by atoms with E-state index in [-0.39, 0.29) is 4.90 Å². The molecule has 32 heavy (non-hydrogen) atoms. The number of aryl methyl sites for hydroxylation is 1. The summed E-state index contributed by atoms with van der Waals surface area (Å²) in [5, 5.41) is 2.76. The van der Waals surface area contributed by atoms with Gasteiger partial charge in [0.1, 0.15) is 17.3 Å². The van der Waals surface area contributed by atoms with Crippen molar-refractivity contribution in [2.24, 2.45) is 0 Å². The monoisotopic (exact) mass is 477 g/mol. The van der Waals surface area contributed by atoms with Gasteiger partial charge in [0.2, 0.25) is 10.0 Å². The van der Waals surface area contributed by atoms with Gasteiger partial charge >= 0.3 is 0 Å². The summed E-state index contributed by atoms with van der Waals surface area (Å²) in [5.41, 5.74) is 2.13. The molecule has 0 spiro atoms. The summed E-state index contributed by atoms with van der Waals surface area (Å²) in [7, 11) is -0.538. The highest BCUT2D eigenvalue weighted by molar-refractivity contribution is 7.89. The molecule has 0 bridgehead atoms. The quantitative estimate of drug-likeness (QED) is 0.538. The van der Waals surface area contributed by atoms with Crippen LogP contribution in [-0.2, 0) is 10.0 Å².